The Bertz CT molecular complexity index is 336. The first-order valence-corrected chi connectivity index (χ1v) is 3.26. The van der Waals surface area contributed by atoms with E-state index in [0.717, 1.165) is 0 Å². The number of ketones is 1. The van der Waals surface area contributed by atoms with Crippen LogP contribution in [0.5, 0.6) is 0 Å². The van der Waals surface area contributed by atoms with Gasteiger partial charge in [0, 0.05) is 5.70 Å². The molecule has 0 atom stereocenters. The van der Waals surface area contributed by atoms with Crippen molar-refractivity contribution >= 4 is 11.6 Å². The summed E-state index contributed by atoms with van der Waals surface area (Å²) in [5.74, 6) is 0.321. The Kier molecular flexibility index (Phi) is 0.961. The molecule has 0 aromatic rings. The van der Waals surface area contributed by atoms with Crippen LogP contribution < -0.4 is 11.5 Å². The van der Waals surface area contributed by atoms with Crippen molar-refractivity contribution < 1.29 is 4.79 Å². The SMILES string of the molecule is NC1=CC2=C(C(=O)C1)C(N)=N2. The summed E-state index contributed by atoms with van der Waals surface area (Å²) in [6, 6.07) is 0. The average Bonchev–Trinajstić information content (AvgIpc) is 1.83. The van der Waals surface area contributed by atoms with Crippen molar-refractivity contribution in [2.45, 2.75) is 6.42 Å². The molecule has 0 spiro atoms. The van der Waals surface area contributed by atoms with Gasteiger partial charge in [-0.15, -0.1) is 0 Å². The topological polar surface area (TPSA) is 81.5 Å². The first-order valence-electron chi connectivity index (χ1n) is 3.26. The largest absolute Gasteiger partial charge is 0.402 e. The zero-order valence-corrected chi connectivity index (χ0v) is 5.79. The molecule has 2 aliphatic rings. The van der Waals surface area contributed by atoms with Gasteiger partial charge in [-0.05, 0) is 6.08 Å². The fourth-order valence-electron chi connectivity index (χ4n) is 1.21. The molecule has 4 heteroatoms. The molecule has 4 nitrogen and oxygen atoms in total. The maximum Gasteiger partial charge on any atom is 0.174 e. The van der Waals surface area contributed by atoms with Crippen molar-refractivity contribution in [2.24, 2.45) is 16.5 Å². The summed E-state index contributed by atoms with van der Waals surface area (Å²) in [4.78, 5) is 15.0. The molecule has 0 radical (unpaired) electrons. The van der Waals surface area contributed by atoms with Crippen molar-refractivity contribution in [3.8, 4) is 0 Å². The molecular weight excluding hydrogens is 142 g/mol. The summed E-state index contributed by atoms with van der Waals surface area (Å²) in [7, 11) is 0. The molecule has 1 heterocycles. The van der Waals surface area contributed by atoms with Crippen LogP contribution in [-0.4, -0.2) is 11.6 Å². The van der Waals surface area contributed by atoms with Crippen molar-refractivity contribution in [3.63, 3.8) is 0 Å². The minimum atomic E-state index is -0.0208. The van der Waals surface area contributed by atoms with E-state index < -0.39 is 0 Å². The molecule has 0 unspecified atom stereocenters. The Labute approximate surface area is 63.3 Å². The van der Waals surface area contributed by atoms with Gasteiger partial charge in [0.05, 0.1) is 17.7 Å². The van der Waals surface area contributed by atoms with Gasteiger partial charge in [-0.1, -0.05) is 0 Å². The Balaban J connectivity index is 2.42. The Morgan fingerprint density at radius 2 is 2.18 bits per heavy atom. The fourth-order valence-corrected chi connectivity index (χ4v) is 1.21. The van der Waals surface area contributed by atoms with E-state index >= 15 is 0 Å². The second kappa shape index (κ2) is 1.72. The van der Waals surface area contributed by atoms with Gasteiger partial charge in [0.15, 0.2) is 5.78 Å². The van der Waals surface area contributed by atoms with Gasteiger partial charge < -0.3 is 11.5 Å². The van der Waals surface area contributed by atoms with Gasteiger partial charge in [0.25, 0.3) is 0 Å². The number of amidine groups is 1. The van der Waals surface area contributed by atoms with E-state index in [1.807, 2.05) is 0 Å². The molecular formula is C7H7N3O. The molecule has 0 aromatic heterocycles. The number of nitrogens with zero attached hydrogens (tertiary/aromatic N) is 1. The monoisotopic (exact) mass is 149 g/mol. The van der Waals surface area contributed by atoms with E-state index in [0.29, 0.717) is 22.8 Å². The van der Waals surface area contributed by atoms with Crippen LogP contribution in [0.2, 0.25) is 0 Å². The molecule has 0 saturated heterocycles. The molecule has 4 N–H and O–H groups in total. The normalized spacial score (nSPS) is 22.0. The number of hydrogen-bond donors (Lipinski definition) is 2. The highest BCUT2D eigenvalue weighted by Gasteiger charge is 2.28. The van der Waals surface area contributed by atoms with E-state index in [9.17, 15) is 4.79 Å². The summed E-state index contributed by atoms with van der Waals surface area (Å²) in [6.07, 6.45) is 1.96. The Morgan fingerprint density at radius 3 is 2.73 bits per heavy atom. The lowest BCUT2D eigenvalue weighted by molar-refractivity contribution is -0.114. The number of hydrogen-bond acceptors (Lipinski definition) is 4. The van der Waals surface area contributed by atoms with E-state index in [2.05, 4.69) is 4.99 Å². The summed E-state index contributed by atoms with van der Waals surface area (Å²) < 4.78 is 0. The number of rotatable bonds is 0. The average molecular weight is 149 g/mol. The van der Waals surface area contributed by atoms with Crippen LogP contribution in [-0.2, 0) is 4.79 Å². The quantitative estimate of drug-likeness (QED) is 0.483. The van der Waals surface area contributed by atoms with Crippen molar-refractivity contribution in [2.75, 3.05) is 0 Å². The van der Waals surface area contributed by atoms with Gasteiger partial charge in [-0.2, -0.15) is 0 Å². The zero-order chi connectivity index (χ0) is 8.01. The molecule has 2 rings (SSSR count). The molecule has 1 aliphatic heterocycles. The van der Waals surface area contributed by atoms with Crippen LogP contribution in [0.25, 0.3) is 0 Å². The molecule has 0 saturated carbocycles. The lowest BCUT2D eigenvalue weighted by atomic mass is 9.94. The van der Waals surface area contributed by atoms with E-state index in [4.69, 9.17) is 11.5 Å². The molecule has 0 bridgehead atoms. The molecule has 0 amide bonds. The number of aliphatic imine (C=N–C) groups is 1. The van der Waals surface area contributed by atoms with Gasteiger partial charge >= 0.3 is 0 Å². The summed E-state index contributed by atoms with van der Waals surface area (Å²) in [5.41, 5.74) is 12.6. The van der Waals surface area contributed by atoms with Gasteiger partial charge in [0.1, 0.15) is 5.84 Å². The van der Waals surface area contributed by atoms with Crippen LogP contribution in [0.4, 0.5) is 0 Å². The molecule has 56 valence electrons. The molecule has 11 heavy (non-hydrogen) atoms. The maximum absolute atomic E-state index is 11.1. The lowest BCUT2D eigenvalue weighted by Gasteiger charge is -2.20. The smallest absolute Gasteiger partial charge is 0.174 e. The Morgan fingerprint density at radius 1 is 1.45 bits per heavy atom. The highest BCUT2D eigenvalue weighted by Crippen LogP contribution is 2.26. The third-order valence-corrected chi connectivity index (χ3v) is 1.72. The van der Waals surface area contributed by atoms with Crippen LogP contribution in [0, 0.1) is 0 Å². The van der Waals surface area contributed by atoms with E-state index in [1.54, 1.807) is 6.08 Å². The highest BCUT2D eigenvalue weighted by molar-refractivity contribution is 6.26. The Hall–Kier alpha value is -1.58. The standard InChI is InChI=1S/C7H7N3O/c8-3-1-4-6(5(11)2-3)7(9)10-4/h1H,2,8H2,(H2,9,10). The van der Waals surface area contributed by atoms with Crippen molar-refractivity contribution in [1.82, 2.24) is 0 Å². The summed E-state index contributed by atoms with van der Waals surface area (Å²) >= 11 is 0. The molecule has 1 aliphatic carbocycles. The number of allylic oxidation sites excluding steroid dienone is 2. The number of Topliss-reactive ketones (excluding diaryl/α,β-unsaturated/α-hetero) is 1. The van der Waals surface area contributed by atoms with Crippen LogP contribution in [0.3, 0.4) is 0 Å². The van der Waals surface area contributed by atoms with Crippen molar-refractivity contribution in [3.05, 3.63) is 23.0 Å². The second-order valence-electron chi connectivity index (χ2n) is 2.58. The first-order chi connectivity index (χ1) is 5.18. The summed E-state index contributed by atoms with van der Waals surface area (Å²) in [6.45, 7) is 0. The van der Waals surface area contributed by atoms with Gasteiger partial charge in [0.2, 0.25) is 0 Å². The van der Waals surface area contributed by atoms with E-state index in [-0.39, 0.29) is 12.2 Å². The van der Waals surface area contributed by atoms with Crippen LogP contribution in [0.1, 0.15) is 6.42 Å². The van der Waals surface area contributed by atoms with Gasteiger partial charge in [-0.25, -0.2) is 4.99 Å². The maximum atomic E-state index is 11.1. The lowest BCUT2D eigenvalue weighted by Crippen LogP contribution is -2.32. The summed E-state index contributed by atoms with van der Waals surface area (Å²) in [5, 5.41) is 0. The number of carbonyl (C=O) groups excluding carboxylic acids is 1. The third-order valence-electron chi connectivity index (χ3n) is 1.72. The highest BCUT2D eigenvalue weighted by atomic mass is 16.1. The van der Waals surface area contributed by atoms with Gasteiger partial charge in [-0.3, -0.25) is 4.79 Å². The minimum Gasteiger partial charge on any atom is -0.402 e. The molecule has 0 aromatic carbocycles. The number of carbonyl (C=O) groups is 1. The third kappa shape index (κ3) is 0.690. The fraction of sp³-hybridized carbons (Fsp3) is 0.143. The zero-order valence-electron chi connectivity index (χ0n) is 5.79. The first kappa shape index (κ1) is 6.15. The second-order valence-corrected chi connectivity index (χ2v) is 2.58. The van der Waals surface area contributed by atoms with Crippen molar-refractivity contribution in [1.29, 1.82) is 0 Å². The predicted molar refractivity (Wildman–Crippen MR) is 40.5 cm³/mol. The minimum absolute atomic E-state index is 0.0208. The predicted octanol–water partition coefficient (Wildman–Crippen LogP) is -0.573. The van der Waals surface area contributed by atoms with Crippen LogP contribution >= 0.6 is 0 Å². The van der Waals surface area contributed by atoms with E-state index in [1.165, 1.54) is 0 Å². The van der Waals surface area contributed by atoms with Crippen LogP contribution in [0.15, 0.2) is 28.0 Å². The number of nitrogens with two attached hydrogens (primary N) is 2. The molecule has 0 fully saturated rings.